The van der Waals surface area contributed by atoms with E-state index < -0.39 is 0 Å². The Morgan fingerprint density at radius 3 is 2.35 bits per heavy atom. The summed E-state index contributed by atoms with van der Waals surface area (Å²) in [5.74, 6) is 1.86. The van der Waals surface area contributed by atoms with Gasteiger partial charge < -0.3 is 14.6 Å². The van der Waals surface area contributed by atoms with Crippen LogP contribution in [0.15, 0.2) is 40.8 Å². The average molecular weight is 354 g/mol. The molecule has 0 atom stereocenters. The first-order valence-corrected chi connectivity index (χ1v) is 9.53. The van der Waals surface area contributed by atoms with Crippen molar-refractivity contribution in [2.75, 3.05) is 26.7 Å². The number of hydrogen-bond donors (Lipinski definition) is 1. The third-order valence-electron chi connectivity index (χ3n) is 5.25. The SMILES string of the molecule is CNCC1CCN(C(=O)c2ccc(-c3ccc(C(C)(C)C)cc3)o2)CC1. The molecule has 0 saturated carbocycles. The van der Waals surface area contributed by atoms with Crippen LogP contribution in [0.25, 0.3) is 11.3 Å². The van der Waals surface area contributed by atoms with E-state index in [0.29, 0.717) is 11.7 Å². The number of likely N-dealkylation sites (tertiary alicyclic amines) is 1. The summed E-state index contributed by atoms with van der Waals surface area (Å²) in [6, 6.07) is 12.1. The van der Waals surface area contributed by atoms with Crippen molar-refractivity contribution < 1.29 is 9.21 Å². The second kappa shape index (κ2) is 7.67. The fourth-order valence-corrected chi connectivity index (χ4v) is 3.53. The Morgan fingerprint density at radius 2 is 1.77 bits per heavy atom. The molecule has 2 aromatic rings. The molecule has 4 nitrogen and oxygen atoms in total. The largest absolute Gasteiger partial charge is 0.451 e. The van der Waals surface area contributed by atoms with E-state index in [1.165, 1.54) is 5.56 Å². The zero-order chi connectivity index (χ0) is 18.7. The van der Waals surface area contributed by atoms with Gasteiger partial charge in [0.25, 0.3) is 5.91 Å². The first-order valence-electron chi connectivity index (χ1n) is 9.53. The van der Waals surface area contributed by atoms with Gasteiger partial charge in [-0.2, -0.15) is 0 Å². The number of carbonyl (C=O) groups excluding carboxylic acids is 1. The number of piperidine rings is 1. The first kappa shape index (κ1) is 18.7. The predicted octanol–water partition coefficient (Wildman–Crippen LogP) is 4.32. The highest BCUT2D eigenvalue weighted by molar-refractivity contribution is 5.92. The molecular formula is C22H30N2O2. The van der Waals surface area contributed by atoms with Crippen molar-refractivity contribution >= 4 is 5.91 Å². The normalized spacial score (nSPS) is 16.1. The number of nitrogens with zero attached hydrogens (tertiary/aromatic N) is 1. The Kier molecular flexibility index (Phi) is 5.52. The van der Waals surface area contributed by atoms with Gasteiger partial charge in [0.15, 0.2) is 5.76 Å². The van der Waals surface area contributed by atoms with E-state index in [1.54, 1.807) is 6.07 Å². The standard InChI is InChI=1S/C22H30N2O2/c1-22(2,3)18-7-5-17(6-8-18)19-9-10-20(26-19)21(25)24-13-11-16(12-14-24)15-23-4/h5-10,16,23H,11-15H2,1-4H3. The molecule has 0 radical (unpaired) electrons. The van der Waals surface area contributed by atoms with E-state index in [1.807, 2.05) is 18.0 Å². The fraction of sp³-hybridized carbons (Fsp3) is 0.500. The molecule has 1 aromatic heterocycles. The number of nitrogens with one attached hydrogen (secondary N) is 1. The summed E-state index contributed by atoms with van der Waals surface area (Å²) in [5, 5.41) is 3.23. The molecule has 3 rings (SSSR count). The lowest BCUT2D eigenvalue weighted by Crippen LogP contribution is -2.40. The maximum absolute atomic E-state index is 12.7. The first-order chi connectivity index (χ1) is 12.4. The Balaban J connectivity index is 1.67. The molecule has 0 aliphatic carbocycles. The minimum absolute atomic E-state index is 0.00506. The van der Waals surface area contributed by atoms with Crippen molar-refractivity contribution in [1.29, 1.82) is 0 Å². The molecule has 1 N–H and O–H groups in total. The third kappa shape index (κ3) is 4.18. The van der Waals surface area contributed by atoms with Crippen LogP contribution >= 0.6 is 0 Å². The lowest BCUT2D eigenvalue weighted by Gasteiger charge is -2.31. The number of furan rings is 1. The van der Waals surface area contributed by atoms with Crippen LogP contribution in [0.4, 0.5) is 0 Å². The number of benzene rings is 1. The minimum Gasteiger partial charge on any atom is -0.451 e. The molecule has 4 heteroatoms. The lowest BCUT2D eigenvalue weighted by atomic mass is 9.86. The highest BCUT2D eigenvalue weighted by Gasteiger charge is 2.25. The highest BCUT2D eigenvalue weighted by Crippen LogP contribution is 2.28. The van der Waals surface area contributed by atoms with Gasteiger partial charge in [0, 0.05) is 18.7 Å². The van der Waals surface area contributed by atoms with Gasteiger partial charge in [0.05, 0.1) is 0 Å². The van der Waals surface area contributed by atoms with Crippen molar-refractivity contribution in [3.8, 4) is 11.3 Å². The maximum Gasteiger partial charge on any atom is 0.289 e. The maximum atomic E-state index is 12.7. The summed E-state index contributed by atoms with van der Waals surface area (Å²) in [6.45, 7) is 9.24. The van der Waals surface area contributed by atoms with Crippen LogP contribution in [-0.4, -0.2) is 37.5 Å². The van der Waals surface area contributed by atoms with Crippen molar-refractivity contribution in [1.82, 2.24) is 10.2 Å². The van der Waals surface area contributed by atoms with Crippen molar-refractivity contribution in [3.63, 3.8) is 0 Å². The molecule has 1 aliphatic rings. The number of carbonyl (C=O) groups is 1. The lowest BCUT2D eigenvalue weighted by molar-refractivity contribution is 0.0660. The Morgan fingerprint density at radius 1 is 1.12 bits per heavy atom. The molecule has 1 aliphatic heterocycles. The molecule has 1 saturated heterocycles. The molecule has 1 fully saturated rings. The summed E-state index contributed by atoms with van der Waals surface area (Å²) in [6.07, 6.45) is 2.10. The van der Waals surface area contributed by atoms with Gasteiger partial charge in [0.2, 0.25) is 0 Å². The number of hydrogen-bond acceptors (Lipinski definition) is 3. The summed E-state index contributed by atoms with van der Waals surface area (Å²) in [5.41, 5.74) is 2.42. The highest BCUT2D eigenvalue weighted by atomic mass is 16.4. The van der Waals surface area contributed by atoms with Crippen LogP contribution in [0.1, 0.15) is 49.7 Å². The molecule has 1 aromatic carbocycles. The third-order valence-corrected chi connectivity index (χ3v) is 5.25. The van der Waals surface area contributed by atoms with Gasteiger partial charge in [-0.3, -0.25) is 4.79 Å². The quantitative estimate of drug-likeness (QED) is 0.889. The van der Waals surface area contributed by atoms with Crippen LogP contribution in [0.5, 0.6) is 0 Å². The van der Waals surface area contributed by atoms with Gasteiger partial charge >= 0.3 is 0 Å². The van der Waals surface area contributed by atoms with Gasteiger partial charge in [-0.1, -0.05) is 45.0 Å². The molecule has 2 heterocycles. The van der Waals surface area contributed by atoms with E-state index in [2.05, 4.69) is 50.4 Å². The molecular weight excluding hydrogens is 324 g/mol. The molecule has 1 amide bonds. The topological polar surface area (TPSA) is 45.5 Å². The van der Waals surface area contributed by atoms with Crippen LogP contribution in [0.2, 0.25) is 0 Å². The smallest absolute Gasteiger partial charge is 0.289 e. The summed E-state index contributed by atoms with van der Waals surface area (Å²) in [7, 11) is 1.98. The second-order valence-corrected chi connectivity index (χ2v) is 8.28. The van der Waals surface area contributed by atoms with Crippen molar-refractivity contribution in [2.45, 2.75) is 39.0 Å². The molecule has 26 heavy (non-hydrogen) atoms. The van der Waals surface area contributed by atoms with Crippen LogP contribution < -0.4 is 5.32 Å². The molecule has 0 unspecified atom stereocenters. The van der Waals surface area contributed by atoms with E-state index in [0.717, 1.165) is 43.8 Å². The molecule has 0 bridgehead atoms. The van der Waals surface area contributed by atoms with Crippen molar-refractivity contribution in [3.05, 3.63) is 47.7 Å². The Labute approximate surface area is 156 Å². The van der Waals surface area contributed by atoms with Gasteiger partial charge in [-0.15, -0.1) is 0 Å². The zero-order valence-corrected chi connectivity index (χ0v) is 16.3. The number of rotatable bonds is 4. The Bertz CT molecular complexity index is 732. The van der Waals surface area contributed by atoms with Crippen LogP contribution in [0.3, 0.4) is 0 Å². The predicted molar refractivity (Wildman–Crippen MR) is 105 cm³/mol. The van der Waals surface area contributed by atoms with E-state index in [4.69, 9.17) is 4.42 Å². The minimum atomic E-state index is 0.00506. The van der Waals surface area contributed by atoms with Crippen molar-refractivity contribution in [2.24, 2.45) is 5.92 Å². The van der Waals surface area contributed by atoms with E-state index in [-0.39, 0.29) is 11.3 Å². The summed E-state index contributed by atoms with van der Waals surface area (Å²) >= 11 is 0. The van der Waals surface area contributed by atoms with Gasteiger partial charge in [-0.25, -0.2) is 0 Å². The monoisotopic (exact) mass is 354 g/mol. The second-order valence-electron chi connectivity index (χ2n) is 8.28. The fourth-order valence-electron chi connectivity index (χ4n) is 3.53. The van der Waals surface area contributed by atoms with E-state index in [9.17, 15) is 4.79 Å². The van der Waals surface area contributed by atoms with Crippen LogP contribution in [0, 0.1) is 5.92 Å². The summed E-state index contributed by atoms with van der Waals surface area (Å²) < 4.78 is 5.88. The zero-order valence-electron chi connectivity index (χ0n) is 16.3. The average Bonchev–Trinajstić information content (AvgIpc) is 3.11. The Hall–Kier alpha value is -2.07. The summed E-state index contributed by atoms with van der Waals surface area (Å²) in [4.78, 5) is 14.6. The van der Waals surface area contributed by atoms with Crippen LogP contribution in [-0.2, 0) is 5.41 Å². The molecule has 0 spiro atoms. The van der Waals surface area contributed by atoms with Gasteiger partial charge in [-0.05, 0) is 55.5 Å². The van der Waals surface area contributed by atoms with Gasteiger partial charge in [0.1, 0.15) is 5.76 Å². The van der Waals surface area contributed by atoms with E-state index >= 15 is 0 Å². The molecule has 140 valence electrons. The number of amides is 1.